The molecular formula is C14H17NO2. The second-order valence-corrected chi connectivity index (χ2v) is 5.64. The van der Waals surface area contributed by atoms with Crippen molar-refractivity contribution in [3.63, 3.8) is 0 Å². The lowest BCUT2D eigenvalue weighted by Crippen LogP contribution is -2.36. The van der Waals surface area contributed by atoms with Gasteiger partial charge in [-0.25, -0.2) is 0 Å². The molecule has 0 N–H and O–H groups in total. The Balaban J connectivity index is 2.34. The summed E-state index contributed by atoms with van der Waals surface area (Å²) in [6, 6.07) is 3.70. The molecule has 1 heterocycles. The van der Waals surface area contributed by atoms with E-state index in [-0.39, 0.29) is 17.0 Å². The van der Waals surface area contributed by atoms with Crippen LogP contribution in [0.5, 0.6) is 0 Å². The first-order valence-electron chi connectivity index (χ1n) is 5.87. The largest absolute Gasteiger partial charge is 0.298 e. The van der Waals surface area contributed by atoms with Gasteiger partial charge in [0, 0.05) is 19.0 Å². The molecule has 1 aromatic rings. The summed E-state index contributed by atoms with van der Waals surface area (Å²) < 4.78 is 0. The first-order valence-corrected chi connectivity index (χ1v) is 5.87. The van der Waals surface area contributed by atoms with Crippen LogP contribution in [0.3, 0.4) is 0 Å². The first-order chi connectivity index (χ1) is 7.89. The Hall–Kier alpha value is -1.51. The molecule has 0 aliphatic heterocycles. The van der Waals surface area contributed by atoms with Gasteiger partial charge >= 0.3 is 0 Å². The van der Waals surface area contributed by atoms with Gasteiger partial charge in [-0.1, -0.05) is 13.8 Å². The number of aryl methyl sites for hydroxylation is 1. The van der Waals surface area contributed by atoms with Gasteiger partial charge in [0.15, 0.2) is 0 Å². The quantitative estimate of drug-likeness (QED) is 0.697. The van der Waals surface area contributed by atoms with E-state index in [9.17, 15) is 9.59 Å². The Morgan fingerprint density at radius 2 is 1.82 bits per heavy atom. The number of Topliss-reactive ketones (excluding diaryl/α,β-unsaturated/α-hetero) is 2. The molecule has 0 spiro atoms. The Kier molecular flexibility index (Phi) is 2.86. The maximum Gasteiger partial charge on any atom is 0.149 e. The minimum absolute atomic E-state index is 0.00403. The molecule has 1 aliphatic rings. The van der Waals surface area contributed by atoms with Crippen LogP contribution >= 0.6 is 0 Å². The number of nitrogens with zero attached hydrogens (tertiary/aromatic N) is 1. The van der Waals surface area contributed by atoms with Gasteiger partial charge in [0.1, 0.15) is 17.5 Å². The van der Waals surface area contributed by atoms with Crippen LogP contribution < -0.4 is 0 Å². The number of pyridine rings is 1. The van der Waals surface area contributed by atoms with Crippen molar-refractivity contribution < 1.29 is 9.59 Å². The van der Waals surface area contributed by atoms with Gasteiger partial charge in [-0.05, 0) is 30.0 Å². The van der Waals surface area contributed by atoms with Gasteiger partial charge in [-0.3, -0.25) is 14.6 Å². The maximum atomic E-state index is 12.1. The van der Waals surface area contributed by atoms with Crippen LogP contribution in [0, 0.1) is 12.3 Å². The number of hydrogen-bond acceptors (Lipinski definition) is 3. The zero-order valence-corrected chi connectivity index (χ0v) is 10.5. The van der Waals surface area contributed by atoms with Crippen molar-refractivity contribution in [2.24, 2.45) is 5.41 Å². The predicted octanol–water partition coefficient (Wildman–Crippen LogP) is 2.43. The van der Waals surface area contributed by atoms with Crippen molar-refractivity contribution in [2.75, 3.05) is 0 Å². The lowest BCUT2D eigenvalue weighted by molar-refractivity contribution is -0.135. The lowest BCUT2D eigenvalue weighted by Gasteiger charge is -2.31. The SMILES string of the molecule is Cc1ccnc(C2C(=O)CC(C)(C)CC2=O)c1. The van der Waals surface area contributed by atoms with Crippen LogP contribution in [0.2, 0.25) is 0 Å². The Morgan fingerprint density at radius 1 is 1.24 bits per heavy atom. The van der Waals surface area contributed by atoms with E-state index in [0.717, 1.165) is 5.56 Å². The average Bonchev–Trinajstić information content (AvgIpc) is 2.13. The molecule has 0 bridgehead atoms. The fourth-order valence-corrected chi connectivity index (χ4v) is 2.44. The zero-order valence-electron chi connectivity index (χ0n) is 10.5. The molecular weight excluding hydrogens is 214 g/mol. The maximum absolute atomic E-state index is 12.1. The number of ketones is 2. The van der Waals surface area contributed by atoms with Gasteiger partial charge in [0.05, 0.1) is 5.69 Å². The topological polar surface area (TPSA) is 47.0 Å². The van der Waals surface area contributed by atoms with Crippen molar-refractivity contribution in [1.29, 1.82) is 0 Å². The normalized spacial score (nSPS) is 20.6. The molecule has 0 saturated heterocycles. The number of aromatic nitrogens is 1. The van der Waals surface area contributed by atoms with Gasteiger partial charge in [0.25, 0.3) is 0 Å². The number of hydrogen-bond donors (Lipinski definition) is 0. The molecule has 1 fully saturated rings. The number of rotatable bonds is 1. The van der Waals surface area contributed by atoms with Crippen molar-refractivity contribution in [1.82, 2.24) is 4.98 Å². The highest BCUT2D eigenvalue weighted by Gasteiger charge is 2.40. The summed E-state index contributed by atoms with van der Waals surface area (Å²) in [6.07, 6.45) is 2.57. The van der Waals surface area contributed by atoms with Crippen molar-refractivity contribution >= 4 is 11.6 Å². The molecule has 0 amide bonds. The molecule has 1 aliphatic carbocycles. The minimum atomic E-state index is -0.636. The summed E-state index contributed by atoms with van der Waals surface area (Å²) in [4.78, 5) is 28.3. The molecule has 3 heteroatoms. The Bertz CT molecular complexity index is 457. The van der Waals surface area contributed by atoms with Gasteiger partial charge in [0.2, 0.25) is 0 Å². The summed E-state index contributed by atoms with van der Waals surface area (Å²) in [5.74, 6) is -0.628. The highest BCUT2D eigenvalue weighted by molar-refractivity contribution is 6.09. The summed E-state index contributed by atoms with van der Waals surface area (Å²) >= 11 is 0. The molecule has 17 heavy (non-hydrogen) atoms. The number of carbonyl (C=O) groups excluding carboxylic acids is 2. The van der Waals surface area contributed by atoms with E-state index in [1.54, 1.807) is 6.20 Å². The average molecular weight is 231 g/mol. The first kappa shape index (κ1) is 12.0. The van der Waals surface area contributed by atoms with Crippen LogP contribution in [0.15, 0.2) is 18.3 Å². The van der Waals surface area contributed by atoms with Crippen LogP contribution in [-0.2, 0) is 9.59 Å². The summed E-state index contributed by atoms with van der Waals surface area (Å²) in [7, 11) is 0. The second kappa shape index (κ2) is 4.06. The fourth-order valence-electron chi connectivity index (χ4n) is 2.44. The standard InChI is InChI=1S/C14H17NO2/c1-9-4-5-15-10(6-9)13-11(16)7-14(2,3)8-12(13)17/h4-6,13H,7-8H2,1-3H3. The summed E-state index contributed by atoms with van der Waals surface area (Å²) in [5.41, 5.74) is 1.44. The monoisotopic (exact) mass is 231 g/mol. The highest BCUT2D eigenvalue weighted by atomic mass is 16.2. The molecule has 90 valence electrons. The molecule has 0 unspecified atom stereocenters. The van der Waals surface area contributed by atoms with E-state index in [0.29, 0.717) is 18.5 Å². The summed E-state index contributed by atoms with van der Waals surface area (Å²) in [5, 5.41) is 0. The van der Waals surface area contributed by atoms with Gasteiger partial charge in [-0.2, -0.15) is 0 Å². The molecule has 0 aromatic carbocycles. The van der Waals surface area contributed by atoms with Gasteiger partial charge < -0.3 is 0 Å². The Morgan fingerprint density at radius 3 is 2.35 bits per heavy atom. The molecule has 0 atom stereocenters. The lowest BCUT2D eigenvalue weighted by atomic mass is 9.70. The molecule has 2 rings (SSSR count). The highest BCUT2D eigenvalue weighted by Crippen LogP contribution is 2.37. The van der Waals surface area contributed by atoms with Crippen molar-refractivity contribution in [3.05, 3.63) is 29.6 Å². The molecule has 3 nitrogen and oxygen atoms in total. The van der Waals surface area contributed by atoms with Crippen LogP contribution in [0.25, 0.3) is 0 Å². The molecule has 0 radical (unpaired) electrons. The van der Waals surface area contributed by atoms with Crippen LogP contribution in [-0.4, -0.2) is 16.6 Å². The van der Waals surface area contributed by atoms with E-state index < -0.39 is 5.92 Å². The van der Waals surface area contributed by atoms with Crippen molar-refractivity contribution in [2.45, 2.75) is 39.5 Å². The molecule has 1 aromatic heterocycles. The van der Waals surface area contributed by atoms with Crippen molar-refractivity contribution in [3.8, 4) is 0 Å². The number of carbonyl (C=O) groups is 2. The Labute approximate surface area is 101 Å². The van der Waals surface area contributed by atoms with Crippen LogP contribution in [0.1, 0.15) is 43.9 Å². The second-order valence-electron chi connectivity index (χ2n) is 5.64. The van der Waals surface area contributed by atoms with E-state index in [1.165, 1.54) is 0 Å². The third-order valence-electron chi connectivity index (χ3n) is 3.18. The zero-order chi connectivity index (χ0) is 12.6. The van der Waals surface area contributed by atoms with E-state index in [2.05, 4.69) is 4.98 Å². The van der Waals surface area contributed by atoms with E-state index >= 15 is 0 Å². The third-order valence-corrected chi connectivity index (χ3v) is 3.18. The van der Waals surface area contributed by atoms with Crippen LogP contribution in [0.4, 0.5) is 0 Å². The van der Waals surface area contributed by atoms with E-state index in [4.69, 9.17) is 0 Å². The minimum Gasteiger partial charge on any atom is -0.298 e. The third kappa shape index (κ3) is 2.43. The summed E-state index contributed by atoms with van der Waals surface area (Å²) in [6.45, 7) is 5.86. The predicted molar refractivity (Wildman–Crippen MR) is 64.7 cm³/mol. The van der Waals surface area contributed by atoms with Gasteiger partial charge in [-0.15, -0.1) is 0 Å². The van der Waals surface area contributed by atoms with E-state index in [1.807, 2.05) is 32.9 Å². The molecule has 1 saturated carbocycles. The smallest absolute Gasteiger partial charge is 0.149 e. The fraction of sp³-hybridized carbons (Fsp3) is 0.500.